The molecule has 7 rings (SSSR count). The van der Waals surface area contributed by atoms with E-state index in [-0.39, 0.29) is 32.5 Å². The van der Waals surface area contributed by atoms with Gasteiger partial charge in [-0.25, -0.2) is 18.7 Å². The number of hydrogen-bond acceptors (Lipinski definition) is 13. The van der Waals surface area contributed by atoms with Gasteiger partial charge >= 0.3 is 19.5 Å². The van der Waals surface area contributed by atoms with Crippen LogP contribution >= 0.6 is 15.9 Å². The molecule has 0 N–H and O–H groups in total. The minimum Gasteiger partial charge on any atom is -0.463 e. The summed E-state index contributed by atoms with van der Waals surface area (Å²) in [4.78, 5) is 7.25. The average molecular weight is 981 g/mol. The van der Waals surface area contributed by atoms with Crippen molar-refractivity contribution in [2.24, 2.45) is 0 Å². The van der Waals surface area contributed by atoms with Crippen molar-refractivity contribution < 1.29 is 63.4 Å². The highest BCUT2D eigenvalue weighted by Gasteiger charge is 2.52. The maximum absolute atomic E-state index is 14.1. The second kappa shape index (κ2) is 21.3. The summed E-state index contributed by atoms with van der Waals surface area (Å²) in [6.45, 7) is 9.53. The van der Waals surface area contributed by atoms with Crippen LogP contribution in [0.4, 0.5) is 35.1 Å². The molecule has 0 aliphatic carbocycles. The van der Waals surface area contributed by atoms with Gasteiger partial charge in [0.25, 0.3) is 11.8 Å². The fraction of sp³-hybridized carbons (Fsp3) is 0.462. The van der Waals surface area contributed by atoms with Gasteiger partial charge in [0.2, 0.25) is 0 Å². The third-order valence-corrected chi connectivity index (χ3v) is 9.74. The fourth-order valence-electron chi connectivity index (χ4n) is 5.10. The largest absolute Gasteiger partial charge is 0.496 e. The van der Waals surface area contributed by atoms with Crippen molar-refractivity contribution in [3.05, 3.63) is 82.7 Å². The first-order valence-electron chi connectivity index (χ1n) is 18.3. The molecule has 1 aliphatic heterocycles. The number of hydrogen-bond donors (Lipinski definition) is 0. The number of nitrogens with zero attached hydrogens (tertiary/aromatic N) is 9. The Morgan fingerprint density at radius 3 is 1.75 bits per heavy atom. The van der Waals surface area contributed by atoms with Gasteiger partial charge in [0.05, 0.1) is 16.9 Å². The number of fused-ring (bicyclic) bond motifs is 2. The minimum absolute atomic E-state index is 0. The molecule has 64 heavy (non-hydrogen) atoms. The lowest BCUT2D eigenvalue weighted by molar-refractivity contribution is -0.190. The second-order valence-electron chi connectivity index (χ2n) is 14.4. The standard InChI is InChI=1S/C15H13F4N5O2.C14H18BF4NO3.C8H8BrN3O.2CH4/c1-8(15(17,18)19)26-14-10(16)5-9(6-20-14)11-3-4-12-21-22-13(7-25-2)24(12)23-11;1-8(14(17,18)19)21-11-10(16)6-9(7-20-11)15-22-12(2,3)13(4,5)23-15;1-13-5-8-11-10-7-3-2-6(9)4-12(7)8;;/h3-6,8H,7H2,1-2H3;6-8H,1-5H3;2-4H,5H2,1H3;2*1H4/t2*8-;;;/m01.../s1. The van der Waals surface area contributed by atoms with Gasteiger partial charge < -0.3 is 28.3 Å². The van der Waals surface area contributed by atoms with E-state index >= 15 is 0 Å². The van der Waals surface area contributed by atoms with E-state index in [0.717, 1.165) is 41.9 Å². The third kappa shape index (κ3) is 12.8. The molecule has 0 unspecified atom stereocenters. The number of rotatable bonds is 10. The molecule has 1 fully saturated rings. The monoisotopic (exact) mass is 979 g/mol. The Morgan fingerprint density at radius 1 is 0.719 bits per heavy atom. The maximum Gasteiger partial charge on any atom is 0.496 e. The van der Waals surface area contributed by atoms with Crippen molar-refractivity contribution in [3.63, 3.8) is 0 Å². The molecule has 1 saturated heterocycles. The first-order valence-corrected chi connectivity index (χ1v) is 19.1. The Kier molecular flexibility index (Phi) is 17.7. The number of ether oxygens (including phenoxy) is 4. The zero-order chi connectivity index (χ0) is 45.8. The summed E-state index contributed by atoms with van der Waals surface area (Å²) in [7, 11) is 2.28. The van der Waals surface area contributed by atoms with Gasteiger partial charge in [-0.15, -0.1) is 20.4 Å². The van der Waals surface area contributed by atoms with Crippen LogP contribution in [0.25, 0.3) is 22.6 Å². The van der Waals surface area contributed by atoms with Crippen LogP contribution in [-0.4, -0.2) is 101 Å². The van der Waals surface area contributed by atoms with E-state index in [1.807, 2.05) is 50.4 Å². The van der Waals surface area contributed by atoms with E-state index in [1.165, 1.54) is 24.0 Å². The first kappa shape index (κ1) is 53.2. The molecular weight excluding hydrogens is 933 g/mol. The van der Waals surface area contributed by atoms with Crippen LogP contribution < -0.4 is 14.9 Å². The topological polar surface area (TPSA) is 154 Å². The van der Waals surface area contributed by atoms with Crippen LogP contribution in [0.1, 0.15) is 68.0 Å². The van der Waals surface area contributed by atoms with Crippen molar-refractivity contribution in [1.82, 2.24) is 44.4 Å². The molecule has 0 saturated carbocycles. The van der Waals surface area contributed by atoms with Crippen molar-refractivity contribution in [3.8, 4) is 23.0 Å². The molecule has 350 valence electrons. The zero-order valence-corrected chi connectivity index (χ0v) is 35.8. The Morgan fingerprint density at radius 2 is 1.22 bits per heavy atom. The third-order valence-electron chi connectivity index (χ3n) is 9.27. The average Bonchev–Trinajstić information content (AvgIpc) is 3.85. The van der Waals surface area contributed by atoms with Gasteiger partial charge in [0.1, 0.15) is 13.2 Å². The van der Waals surface area contributed by atoms with Crippen LogP contribution in [0.2, 0.25) is 0 Å². The number of pyridine rings is 3. The second-order valence-corrected chi connectivity index (χ2v) is 15.3. The Labute approximate surface area is 372 Å². The van der Waals surface area contributed by atoms with Crippen LogP contribution in [0.3, 0.4) is 0 Å². The highest BCUT2D eigenvalue weighted by molar-refractivity contribution is 9.10. The van der Waals surface area contributed by atoms with Crippen molar-refractivity contribution >= 4 is 39.8 Å². The molecule has 0 aromatic carbocycles. The minimum atomic E-state index is -4.62. The van der Waals surface area contributed by atoms with Crippen LogP contribution in [0.15, 0.2) is 59.5 Å². The molecule has 0 bridgehead atoms. The molecule has 0 amide bonds. The molecule has 2 atom stereocenters. The van der Waals surface area contributed by atoms with Crippen LogP contribution in [-0.2, 0) is 32.0 Å². The van der Waals surface area contributed by atoms with Gasteiger partial charge in [0, 0.05) is 48.3 Å². The SMILES string of the molecule is C.C.COCc1nnc2ccc(-c3cnc(O[C@@H](C)C(F)(F)F)c(F)c3)nn12.COCc1nnc2ccc(Br)cn12.C[C@@H](Oc1ncc(B2OC(C)(C)C(C)(C)O2)cc1F)C(F)(F)F. The highest BCUT2D eigenvalue weighted by atomic mass is 79.9. The summed E-state index contributed by atoms with van der Waals surface area (Å²) in [5, 5.41) is 20.1. The molecule has 7 heterocycles. The lowest BCUT2D eigenvalue weighted by Crippen LogP contribution is -2.41. The molecule has 0 spiro atoms. The number of aromatic nitrogens is 9. The summed E-state index contributed by atoms with van der Waals surface area (Å²) in [5.74, 6) is -2.23. The van der Waals surface area contributed by atoms with Crippen molar-refractivity contribution in [2.75, 3.05) is 14.2 Å². The molecule has 15 nitrogen and oxygen atoms in total. The first-order chi connectivity index (χ1) is 28.9. The quantitative estimate of drug-likeness (QED) is 0.0952. The van der Waals surface area contributed by atoms with Crippen LogP contribution in [0, 0.1) is 11.6 Å². The highest BCUT2D eigenvalue weighted by Crippen LogP contribution is 2.37. The van der Waals surface area contributed by atoms with E-state index in [2.05, 4.69) is 60.9 Å². The maximum atomic E-state index is 14.1. The fourth-order valence-corrected chi connectivity index (χ4v) is 5.44. The molecule has 1 aliphatic rings. The van der Waals surface area contributed by atoms with Crippen molar-refractivity contribution in [2.45, 2.75) is 105 Å². The summed E-state index contributed by atoms with van der Waals surface area (Å²) >= 11 is 3.39. The summed E-state index contributed by atoms with van der Waals surface area (Å²) in [5.41, 5.74) is 0.920. The van der Waals surface area contributed by atoms with Gasteiger partial charge in [0.15, 0.2) is 46.8 Å². The molecule has 0 radical (unpaired) electrons. The van der Waals surface area contributed by atoms with Crippen molar-refractivity contribution in [1.29, 1.82) is 0 Å². The van der Waals surface area contributed by atoms with E-state index in [4.69, 9.17) is 18.8 Å². The van der Waals surface area contributed by atoms with Gasteiger partial charge in [-0.1, -0.05) is 14.9 Å². The summed E-state index contributed by atoms with van der Waals surface area (Å²) in [6.07, 6.45) is -9.28. The molecular formula is C39H47BBrF8N9O6. The van der Waals surface area contributed by atoms with E-state index in [0.29, 0.717) is 23.8 Å². The Balaban J connectivity index is 0.000000263. The molecule has 25 heteroatoms. The summed E-state index contributed by atoms with van der Waals surface area (Å²) < 4.78 is 138. The molecule has 6 aromatic rings. The zero-order valence-electron chi connectivity index (χ0n) is 34.2. The van der Waals surface area contributed by atoms with E-state index < -0.39 is 66.3 Å². The van der Waals surface area contributed by atoms with E-state index in [9.17, 15) is 35.1 Å². The van der Waals surface area contributed by atoms with E-state index in [1.54, 1.807) is 19.2 Å². The van der Waals surface area contributed by atoms with Crippen LogP contribution in [0.5, 0.6) is 11.8 Å². The number of halogens is 9. The predicted molar refractivity (Wildman–Crippen MR) is 222 cm³/mol. The normalized spacial score (nSPS) is 15.2. The Bertz CT molecular complexity index is 2460. The number of methoxy groups -OCH3 is 2. The predicted octanol–water partition coefficient (Wildman–Crippen LogP) is 8.56. The van der Waals surface area contributed by atoms with Gasteiger partial charge in [-0.3, -0.25) is 4.40 Å². The number of alkyl halides is 6. The van der Waals surface area contributed by atoms with Gasteiger partial charge in [-0.2, -0.15) is 36.0 Å². The molecule has 6 aromatic heterocycles. The van der Waals surface area contributed by atoms with Gasteiger partial charge in [-0.05, 0) is 93.9 Å². The smallest absolute Gasteiger partial charge is 0.463 e. The lowest BCUT2D eigenvalue weighted by atomic mass is 9.80. The Hall–Kier alpha value is -5.11. The summed E-state index contributed by atoms with van der Waals surface area (Å²) in [6, 6.07) is 9.02. The lowest BCUT2D eigenvalue weighted by Gasteiger charge is -2.32.